The Hall–Kier alpha value is -2.33. The van der Waals surface area contributed by atoms with Crippen molar-refractivity contribution in [2.45, 2.75) is 44.1 Å². The number of Topliss-reactive ketones (excluding diaryl/α,β-unsaturated/α-hetero) is 1. The Morgan fingerprint density at radius 2 is 1.79 bits per heavy atom. The van der Waals surface area contributed by atoms with Crippen LogP contribution in [-0.2, 0) is 27.5 Å². The molecule has 1 unspecified atom stereocenters. The zero-order chi connectivity index (χ0) is 24.9. The van der Waals surface area contributed by atoms with Crippen LogP contribution in [0.25, 0.3) is 0 Å². The molecule has 0 aliphatic carbocycles. The first kappa shape index (κ1) is 26.9. The van der Waals surface area contributed by atoms with Crippen molar-refractivity contribution in [1.82, 2.24) is 0 Å². The van der Waals surface area contributed by atoms with Gasteiger partial charge in [-0.05, 0) is 37.1 Å². The SMILES string of the molecule is CCCc1c(OCC(O)CS(=O)(=O)c2ccc(CC(=O)O)c(Cl)c2Cl)ccc(C(C)=O)c1O. The number of phenolic OH excluding ortho intramolecular Hbond substituents is 1. The van der Waals surface area contributed by atoms with Gasteiger partial charge < -0.3 is 20.1 Å². The van der Waals surface area contributed by atoms with Crippen LogP contribution in [0.3, 0.4) is 0 Å². The predicted octanol–water partition coefficient (Wildman–Crippen LogP) is 3.69. The van der Waals surface area contributed by atoms with Gasteiger partial charge in [-0.15, -0.1) is 0 Å². The topological polar surface area (TPSA) is 138 Å². The first-order valence-electron chi connectivity index (χ1n) is 9.97. The molecule has 180 valence electrons. The van der Waals surface area contributed by atoms with Crippen molar-refractivity contribution >= 4 is 44.8 Å². The number of rotatable bonds is 11. The fourth-order valence-electron chi connectivity index (χ4n) is 3.22. The van der Waals surface area contributed by atoms with E-state index in [-0.39, 0.29) is 43.3 Å². The fourth-order valence-corrected chi connectivity index (χ4v) is 5.47. The lowest BCUT2D eigenvalue weighted by Gasteiger charge is -2.17. The molecule has 3 N–H and O–H groups in total. The number of halogens is 2. The number of ketones is 1. The van der Waals surface area contributed by atoms with Crippen molar-refractivity contribution in [3.05, 3.63) is 51.0 Å². The van der Waals surface area contributed by atoms with E-state index in [9.17, 15) is 28.2 Å². The lowest BCUT2D eigenvalue weighted by Crippen LogP contribution is -2.27. The van der Waals surface area contributed by atoms with Crippen LogP contribution in [0.1, 0.15) is 41.8 Å². The predicted molar refractivity (Wildman–Crippen MR) is 123 cm³/mol. The molecular weight excluding hydrogens is 495 g/mol. The monoisotopic (exact) mass is 518 g/mol. The Morgan fingerprint density at radius 3 is 2.36 bits per heavy atom. The molecule has 33 heavy (non-hydrogen) atoms. The summed E-state index contributed by atoms with van der Waals surface area (Å²) in [6, 6.07) is 5.29. The largest absolute Gasteiger partial charge is 0.507 e. The van der Waals surface area contributed by atoms with Crippen LogP contribution in [0.4, 0.5) is 0 Å². The molecule has 0 bridgehead atoms. The highest BCUT2D eigenvalue weighted by atomic mass is 35.5. The normalized spacial score (nSPS) is 12.4. The average Bonchev–Trinajstić information content (AvgIpc) is 2.71. The third kappa shape index (κ3) is 6.60. The summed E-state index contributed by atoms with van der Waals surface area (Å²) < 4.78 is 31.1. The van der Waals surface area contributed by atoms with Gasteiger partial charge in [0.25, 0.3) is 0 Å². The number of carboxylic acid groups (broad SMARTS) is 1. The molecule has 0 radical (unpaired) electrons. The van der Waals surface area contributed by atoms with Gasteiger partial charge in [-0.1, -0.05) is 42.6 Å². The minimum atomic E-state index is -4.10. The van der Waals surface area contributed by atoms with Crippen LogP contribution in [0, 0.1) is 0 Å². The number of benzene rings is 2. The number of aliphatic carboxylic acids is 1. The highest BCUT2D eigenvalue weighted by Crippen LogP contribution is 2.35. The molecule has 2 rings (SSSR count). The van der Waals surface area contributed by atoms with Crippen LogP contribution in [0.15, 0.2) is 29.2 Å². The van der Waals surface area contributed by atoms with Gasteiger partial charge in [-0.25, -0.2) is 8.42 Å². The summed E-state index contributed by atoms with van der Waals surface area (Å²) >= 11 is 12.1. The minimum Gasteiger partial charge on any atom is -0.507 e. The van der Waals surface area contributed by atoms with Crippen LogP contribution in [0.5, 0.6) is 11.5 Å². The van der Waals surface area contributed by atoms with Crippen molar-refractivity contribution in [3.8, 4) is 11.5 Å². The summed E-state index contributed by atoms with van der Waals surface area (Å²) in [6.07, 6.45) is -0.815. The van der Waals surface area contributed by atoms with Crippen LogP contribution in [0.2, 0.25) is 10.0 Å². The van der Waals surface area contributed by atoms with Crippen molar-refractivity contribution in [2.24, 2.45) is 0 Å². The van der Waals surface area contributed by atoms with E-state index >= 15 is 0 Å². The summed E-state index contributed by atoms with van der Waals surface area (Å²) in [6.45, 7) is 2.80. The molecular formula is C22H24Cl2O8S. The third-order valence-corrected chi connectivity index (χ3v) is 7.63. The molecule has 0 aromatic heterocycles. The van der Waals surface area contributed by atoms with Crippen LogP contribution in [-0.4, -0.2) is 54.0 Å². The molecule has 0 fully saturated rings. The summed E-state index contributed by atoms with van der Waals surface area (Å²) in [5, 5.41) is 29.1. The van der Waals surface area contributed by atoms with Crippen molar-refractivity contribution in [1.29, 1.82) is 0 Å². The molecule has 0 heterocycles. The lowest BCUT2D eigenvalue weighted by atomic mass is 10.0. The van der Waals surface area contributed by atoms with E-state index < -0.39 is 40.7 Å². The smallest absolute Gasteiger partial charge is 0.307 e. The highest BCUT2D eigenvalue weighted by molar-refractivity contribution is 7.91. The Labute approximate surface area is 201 Å². The molecule has 0 aliphatic heterocycles. The number of carbonyl (C=O) groups excluding carboxylic acids is 1. The molecule has 0 saturated carbocycles. The molecule has 0 saturated heterocycles. The van der Waals surface area contributed by atoms with E-state index in [2.05, 4.69) is 0 Å². The van der Waals surface area contributed by atoms with Gasteiger partial charge in [0.15, 0.2) is 15.6 Å². The Kier molecular flexibility index (Phi) is 9.13. The summed E-state index contributed by atoms with van der Waals surface area (Å²) in [4.78, 5) is 22.2. The fraction of sp³-hybridized carbons (Fsp3) is 0.364. The number of carboxylic acids is 1. The second-order valence-corrected chi connectivity index (χ2v) is 10.2. The number of phenols is 1. The van der Waals surface area contributed by atoms with Gasteiger partial charge >= 0.3 is 5.97 Å². The maximum atomic E-state index is 12.8. The van der Waals surface area contributed by atoms with Gasteiger partial charge in [-0.3, -0.25) is 9.59 Å². The van der Waals surface area contributed by atoms with Crippen LogP contribution < -0.4 is 4.74 Å². The standard InChI is InChI=1S/C22H24Cl2O8S/c1-3-4-16-17(7-6-15(12(2)25)22(16)29)32-10-14(26)11-33(30,31)18-8-5-13(9-19(27)28)20(23)21(18)24/h5-8,14,26,29H,3-4,9-11H2,1-2H3,(H,27,28). The molecule has 2 aromatic rings. The van der Waals surface area contributed by atoms with E-state index in [1.165, 1.54) is 25.1 Å². The quantitative estimate of drug-likeness (QED) is 0.382. The number of ether oxygens (including phenoxy) is 1. The summed E-state index contributed by atoms with van der Waals surface area (Å²) in [5.41, 5.74) is 0.699. The number of sulfone groups is 1. The summed E-state index contributed by atoms with van der Waals surface area (Å²) in [7, 11) is -4.10. The van der Waals surface area contributed by atoms with Gasteiger partial charge in [0, 0.05) is 5.56 Å². The maximum absolute atomic E-state index is 12.8. The third-order valence-electron chi connectivity index (χ3n) is 4.77. The molecule has 1 atom stereocenters. The molecule has 0 aliphatic rings. The average molecular weight is 519 g/mol. The van der Waals surface area contributed by atoms with Crippen molar-refractivity contribution < 1.29 is 38.1 Å². The molecule has 8 nitrogen and oxygen atoms in total. The first-order valence-corrected chi connectivity index (χ1v) is 12.4. The lowest BCUT2D eigenvalue weighted by molar-refractivity contribution is -0.136. The number of aliphatic hydroxyl groups excluding tert-OH is 1. The second-order valence-electron chi connectivity index (χ2n) is 7.41. The van der Waals surface area contributed by atoms with Crippen molar-refractivity contribution in [3.63, 3.8) is 0 Å². The number of aliphatic hydroxyl groups is 1. The number of hydrogen-bond acceptors (Lipinski definition) is 7. The molecule has 0 amide bonds. The van der Waals surface area contributed by atoms with Gasteiger partial charge in [0.2, 0.25) is 0 Å². The number of carbonyl (C=O) groups is 2. The van der Waals surface area contributed by atoms with Crippen LogP contribution >= 0.6 is 23.2 Å². The molecule has 11 heteroatoms. The highest BCUT2D eigenvalue weighted by Gasteiger charge is 2.26. The summed E-state index contributed by atoms with van der Waals surface area (Å²) in [5.74, 6) is -2.17. The van der Waals surface area contributed by atoms with Gasteiger partial charge in [0.05, 0.1) is 32.7 Å². The Morgan fingerprint density at radius 1 is 1.12 bits per heavy atom. The van der Waals surface area contributed by atoms with E-state index in [1.54, 1.807) is 0 Å². The van der Waals surface area contributed by atoms with E-state index in [0.29, 0.717) is 18.4 Å². The maximum Gasteiger partial charge on any atom is 0.307 e. The Balaban J connectivity index is 2.19. The second kappa shape index (κ2) is 11.2. The van der Waals surface area contributed by atoms with E-state index in [0.717, 1.165) is 6.07 Å². The first-order chi connectivity index (χ1) is 15.4. The van der Waals surface area contributed by atoms with E-state index in [1.807, 2.05) is 6.92 Å². The van der Waals surface area contributed by atoms with E-state index in [4.69, 9.17) is 33.0 Å². The number of aromatic hydroxyl groups is 1. The van der Waals surface area contributed by atoms with Crippen molar-refractivity contribution in [2.75, 3.05) is 12.4 Å². The van der Waals surface area contributed by atoms with Gasteiger partial charge in [0.1, 0.15) is 24.2 Å². The minimum absolute atomic E-state index is 0.145. The zero-order valence-electron chi connectivity index (χ0n) is 18.0. The Bertz CT molecular complexity index is 1160. The number of hydrogen-bond donors (Lipinski definition) is 3. The molecule has 2 aromatic carbocycles. The van der Waals surface area contributed by atoms with Gasteiger partial charge in [-0.2, -0.15) is 0 Å². The zero-order valence-corrected chi connectivity index (χ0v) is 20.3. The molecule has 0 spiro atoms.